The quantitative estimate of drug-likeness (QED) is 0.852. The molecule has 0 saturated carbocycles. The SMILES string of the molecule is O=c1ccncn1Cc1cc(Br)cc2c1OCC2. The van der Waals surface area contributed by atoms with Crippen LogP contribution in [0.4, 0.5) is 0 Å². The lowest BCUT2D eigenvalue weighted by Crippen LogP contribution is -2.19. The van der Waals surface area contributed by atoms with Gasteiger partial charge in [-0.25, -0.2) is 4.98 Å². The van der Waals surface area contributed by atoms with E-state index >= 15 is 0 Å². The Kier molecular flexibility index (Phi) is 2.91. The van der Waals surface area contributed by atoms with Crippen LogP contribution in [0.5, 0.6) is 5.75 Å². The minimum absolute atomic E-state index is 0.0586. The van der Waals surface area contributed by atoms with Crippen molar-refractivity contribution in [3.63, 3.8) is 0 Å². The van der Waals surface area contributed by atoms with Crippen molar-refractivity contribution in [2.24, 2.45) is 0 Å². The van der Waals surface area contributed by atoms with E-state index in [0.29, 0.717) is 13.2 Å². The molecular formula is C13H11BrN2O2. The molecule has 0 N–H and O–H groups in total. The third kappa shape index (κ3) is 2.06. The highest BCUT2D eigenvalue weighted by Crippen LogP contribution is 2.33. The fourth-order valence-corrected chi connectivity index (χ4v) is 2.70. The largest absolute Gasteiger partial charge is 0.493 e. The van der Waals surface area contributed by atoms with Crippen LogP contribution in [0.25, 0.3) is 0 Å². The van der Waals surface area contributed by atoms with Gasteiger partial charge in [-0.15, -0.1) is 0 Å². The standard InChI is InChI=1S/C13H11BrN2O2/c14-11-5-9-2-4-18-13(9)10(6-11)7-16-8-15-3-1-12(16)17/h1,3,5-6,8H,2,4,7H2. The van der Waals surface area contributed by atoms with Crippen LogP contribution < -0.4 is 10.3 Å². The fraction of sp³-hybridized carbons (Fsp3) is 0.231. The van der Waals surface area contributed by atoms with Crippen molar-refractivity contribution in [2.75, 3.05) is 6.61 Å². The molecule has 4 nitrogen and oxygen atoms in total. The topological polar surface area (TPSA) is 44.1 Å². The normalized spacial score (nSPS) is 13.2. The molecular weight excluding hydrogens is 296 g/mol. The maximum atomic E-state index is 11.7. The first kappa shape index (κ1) is 11.5. The summed E-state index contributed by atoms with van der Waals surface area (Å²) in [6, 6.07) is 5.51. The molecule has 1 aromatic heterocycles. The molecule has 0 bridgehead atoms. The van der Waals surface area contributed by atoms with Crippen LogP contribution in [0.15, 0.2) is 40.0 Å². The van der Waals surface area contributed by atoms with Crippen molar-refractivity contribution in [2.45, 2.75) is 13.0 Å². The van der Waals surface area contributed by atoms with Gasteiger partial charge in [-0.3, -0.25) is 9.36 Å². The third-order valence-electron chi connectivity index (χ3n) is 2.96. The molecule has 1 aromatic carbocycles. The number of benzene rings is 1. The Morgan fingerprint density at radius 3 is 3.17 bits per heavy atom. The highest BCUT2D eigenvalue weighted by atomic mass is 79.9. The molecule has 2 heterocycles. The van der Waals surface area contributed by atoms with E-state index in [9.17, 15) is 4.79 Å². The Hall–Kier alpha value is -1.62. The zero-order valence-electron chi connectivity index (χ0n) is 9.60. The minimum atomic E-state index is -0.0586. The van der Waals surface area contributed by atoms with E-state index in [1.165, 1.54) is 17.8 Å². The van der Waals surface area contributed by atoms with Gasteiger partial charge < -0.3 is 4.74 Å². The predicted molar refractivity (Wildman–Crippen MR) is 70.9 cm³/mol. The number of aromatic nitrogens is 2. The first-order valence-corrected chi connectivity index (χ1v) is 6.48. The molecule has 3 rings (SSSR count). The van der Waals surface area contributed by atoms with E-state index in [0.717, 1.165) is 22.2 Å². The second-order valence-corrected chi connectivity index (χ2v) is 5.11. The average Bonchev–Trinajstić information content (AvgIpc) is 2.80. The summed E-state index contributed by atoms with van der Waals surface area (Å²) < 4.78 is 8.23. The van der Waals surface area contributed by atoms with Gasteiger partial charge in [0.15, 0.2) is 0 Å². The Bertz CT molecular complexity index is 652. The molecule has 0 fully saturated rings. The molecule has 2 aromatic rings. The number of halogens is 1. The molecule has 5 heteroatoms. The predicted octanol–water partition coefficient (Wildman–Crippen LogP) is 1.99. The van der Waals surface area contributed by atoms with Gasteiger partial charge in [0.2, 0.25) is 0 Å². The number of ether oxygens (including phenoxy) is 1. The van der Waals surface area contributed by atoms with E-state index in [1.807, 2.05) is 6.07 Å². The van der Waals surface area contributed by atoms with Gasteiger partial charge in [0, 0.05) is 28.7 Å². The van der Waals surface area contributed by atoms with Crippen molar-refractivity contribution in [1.82, 2.24) is 9.55 Å². The summed E-state index contributed by atoms with van der Waals surface area (Å²) in [6.45, 7) is 1.19. The molecule has 0 atom stereocenters. The van der Waals surface area contributed by atoms with Gasteiger partial charge in [-0.2, -0.15) is 0 Å². The van der Waals surface area contributed by atoms with Crippen molar-refractivity contribution in [3.8, 4) is 5.75 Å². The molecule has 92 valence electrons. The summed E-state index contributed by atoms with van der Waals surface area (Å²) in [5.41, 5.74) is 2.14. The Labute approximate surface area is 112 Å². The van der Waals surface area contributed by atoms with Crippen LogP contribution in [-0.4, -0.2) is 16.2 Å². The van der Waals surface area contributed by atoms with Gasteiger partial charge in [0.05, 0.1) is 19.5 Å². The Morgan fingerprint density at radius 2 is 2.33 bits per heavy atom. The number of nitrogens with zero attached hydrogens (tertiary/aromatic N) is 2. The van der Waals surface area contributed by atoms with E-state index in [2.05, 4.69) is 27.0 Å². The maximum Gasteiger partial charge on any atom is 0.253 e. The van der Waals surface area contributed by atoms with E-state index in [-0.39, 0.29) is 5.56 Å². The zero-order chi connectivity index (χ0) is 12.5. The van der Waals surface area contributed by atoms with Gasteiger partial charge in [0.1, 0.15) is 5.75 Å². The van der Waals surface area contributed by atoms with Gasteiger partial charge >= 0.3 is 0 Å². The molecule has 0 radical (unpaired) electrons. The van der Waals surface area contributed by atoms with Gasteiger partial charge in [-0.05, 0) is 17.7 Å². The minimum Gasteiger partial charge on any atom is -0.493 e. The second-order valence-electron chi connectivity index (χ2n) is 4.20. The van der Waals surface area contributed by atoms with Gasteiger partial charge in [0.25, 0.3) is 5.56 Å². The van der Waals surface area contributed by atoms with E-state index < -0.39 is 0 Å². The summed E-state index contributed by atoms with van der Waals surface area (Å²) in [6.07, 6.45) is 3.97. The second kappa shape index (κ2) is 4.57. The van der Waals surface area contributed by atoms with Crippen LogP contribution in [0.2, 0.25) is 0 Å². The number of hydrogen-bond acceptors (Lipinski definition) is 3. The first-order valence-electron chi connectivity index (χ1n) is 5.68. The zero-order valence-corrected chi connectivity index (χ0v) is 11.2. The Morgan fingerprint density at radius 1 is 1.44 bits per heavy atom. The number of rotatable bonds is 2. The van der Waals surface area contributed by atoms with E-state index in [1.54, 1.807) is 10.9 Å². The van der Waals surface area contributed by atoms with E-state index in [4.69, 9.17) is 4.74 Å². The average molecular weight is 307 g/mol. The molecule has 0 saturated heterocycles. The van der Waals surface area contributed by atoms with Crippen LogP contribution in [0, 0.1) is 0 Å². The van der Waals surface area contributed by atoms with Crippen molar-refractivity contribution in [3.05, 3.63) is 56.7 Å². The molecule has 1 aliphatic rings. The van der Waals surface area contributed by atoms with Crippen LogP contribution in [0.1, 0.15) is 11.1 Å². The third-order valence-corrected chi connectivity index (χ3v) is 3.42. The van der Waals surface area contributed by atoms with Crippen LogP contribution >= 0.6 is 15.9 Å². The highest BCUT2D eigenvalue weighted by Gasteiger charge is 2.17. The highest BCUT2D eigenvalue weighted by molar-refractivity contribution is 9.10. The molecule has 18 heavy (non-hydrogen) atoms. The van der Waals surface area contributed by atoms with Gasteiger partial charge in [-0.1, -0.05) is 15.9 Å². The number of hydrogen-bond donors (Lipinski definition) is 0. The maximum absolute atomic E-state index is 11.7. The monoisotopic (exact) mass is 306 g/mol. The fourth-order valence-electron chi connectivity index (χ4n) is 2.14. The smallest absolute Gasteiger partial charge is 0.253 e. The Balaban J connectivity index is 2.04. The summed E-state index contributed by atoms with van der Waals surface area (Å²) in [4.78, 5) is 15.6. The summed E-state index contributed by atoms with van der Waals surface area (Å²) in [5.74, 6) is 0.911. The van der Waals surface area contributed by atoms with Crippen molar-refractivity contribution >= 4 is 15.9 Å². The lowest BCUT2D eigenvalue weighted by atomic mass is 10.1. The van der Waals surface area contributed by atoms with Crippen molar-refractivity contribution < 1.29 is 4.74 Å². The van der Waals surface area contributed by atoms with Crippen LogP contribution in [0.3, 0.4) is 0 Å². The first-order chi connectivity index (χ1) is 8.74. The lowest BCUT2D eigenvalue weighted by molar-refractivity contribution is 0.352. The van der Waals surface area contributed by atoms with Crippen molar-refractivity contribution in [1.29, 1.82) is 0 Å². The molecule has 0 amide bonds. The summed E-state index contributed by atoms with van der Waals surface area (Å²) in [7, 11) is 0. The summed E-state index contributed by atoms with van der Waals surface area (Å²) in [5, 5.41) is 0. The number of fused-ring (bicyclic) bond motifs is 1. The molecule has 1 aliphatic heterocycles. The summed E-state index contributed by atoms with van der Waals surface area (Å²) >= 11 is 3.49. The molecule has 0 spiro atoms. The molecule has 0 aliphatic carbocycles. The van der Waals surface area contributed by atoms with Crippen LogP contribution in [-0.2, 0) is 13.0 Å². The lowest BCUT2D eigenvalue weighted by Gasteiger charge is -2.10. The molecule has 0 unspecified atom stereocenters.